The Kier molecular flexibility index (Phi) is 8.60. The van der Waals surface area contributed by atoms with Crippen LogP contribution in [0.1, 0.15) is 37.2 Å². The molecule has 2 aromatic rings. The van der Waals surface area contributed by atoms with Gasteiger partial charge in [0.15, 0.2) is 0 Å². The zero-order chi connectivity index (χ0) is 21.3. The lowest BCUT2D eigenvalue weighted by molar-refractivity contribution is -0.906. The smallest absolute Gasteiger partial charge is 0.221 e. The van der Waals surface area contributed by atoms with Gasteiger partial charge in [-0.05, 0) is 26.3 Å². The fourth-order valence-electron chi connectivity index (χ4n) is 3.50. The average Bonchev–Trinajstić information content (AvgIpc) is 3.18. The lowest BCUT2D eigenvalue weighted by atomic mass is 10.1. The molecule has 0 radical (unpaired) electrons. The van der Waals surface area contributed by atoms with Crippen LogP contribution in [0.15, 0.2) is 24.3 Å². The normalized spacial score (nSPS) is 14.8. The van der Waals surface area contributed by atoms with Crippen LogP contribution in [0.3, 0.4) is 0 Å². The molecule has 3 rings (SSSR count). The van der Waals surface area contributed by atoms with Gasteiger partial charge in [0.1, 0.15) is 18.9 Å². The van der Waals surface area contributed by atoms with Crippen molar-refractivity contribution in [1.82, 2.24) is 14.7 Å². The van der Waals surface area contributed by atoms with Crippen LogP contribution in [0.4, 0.5) is 5.13 Å². The lowest BCUT2D eigenvalue weighted by Crippen LogP contribution is -3.14. The lowest BCUT2D eigenvalue weighted by Gasteiger charge is -2.25. The summed E-state index contributed by atoms with van der Waals surface area (Å²) >= 11 is 1.41. The summed E-state index contributed by atoms with van der Waals surface area (Å²) in [6, 6.07) is 8.74. The third kappa shape index (κ3) is 7.04. The number of benzene rings is 1. The number of ether oxygens (including phenoxy) is 1. The van der Waals surface area contributed by atoms with E-state index in [-0.39, 0.29) is 11.9 Å². The van der Waals surface area contributed by atoms with Crippen molar-refractivity contribution in [2.45, 2.75) is 39.7 Å². The second kappa shape index (κ2) is 11.4. The van der Waals surface area contributed by atoms with E-state index in [9.17, 15) is 4.79 Å². The topological polar surface area (TPSA) is 71.8 Å². The third-order valence-electron chi connectivity index (χ3n) is 5.39. The number of amides is 1. The number of hydrogen-bond acceptors (Lipinski definition) is 6. The number of anilines is 1. The van der Waals surface area contributed by atoms with E-state index in [2.05, 4.69) is 59.6 Å². The highest BCUT2D eigenvalue weighted by molar-refractivity contribution is 7.09. The van der Waals surface area contributed by atoms with Crippen molar-refractivity contribution in [3.05, 3.63) is 41.2 Å². The van der Waals surface area contributed by atoms with Crippen molar-refractivity contribution in [2.75, 3.05) is 50.8 Å². The van der Waals surface area contributed by atoms with E-state index in [1.807, 2.05) is 0 Å². The molecule has 0 aliphatic carbocycles. The maximum absolute atomic E-state index is 12.3. The highest BCUT2D eigenvalue weighted by Gasteiger charge is 2.18. The first-order valence-corrected chi connectivity index (χ1v) is 11.6. The third-order valence-corrected chi connectivity index (χ3v) is 6.18. The molecular weight excluding hydrogens is 398 g/mol. The molecule has 164 valence electrons. The summed E-state index contributed by atoms with van der Waals surface area (Å²) in [6.45, 7) is 12.4. The first-order chi connectivity index (χ1) is 14.5. The predicted octanol–water partition coefficient (Wildman–Crippen LogP) is 1.07. The van der Waals surface area contributed by atoms with Crippen molar-refractivity contribution in [3.63, 3.8) is 0 Å². The minimum atomic E-state index is 0.0951. The number of morpholine rings is 1. The molecule has 30 heavy (non-hydrogen) atoms. The van der Waals surface area contributed by atoms with Gasteiger partial charge in [-0.3, -0.25) is 4.79 Å². The van der Waals surface area contributed by atoms with Gasteiger partial charge in [0.2, 0.25) is 11.0 Å². The van der Waals surface area contributed by atoms with Gasteiger partial charge in [-0.15, -0.1) is 0 Å². The van der Waals surface area contributed by atoms with Crippen LogP contribution in [0, 0.1) is 6.92 Å². The number of nitrogens with one attached hydrogen (secondary N) is 2. The number of carbonyl (C=O) groups excluding carboxylic acids is 1. The Morgan fingerprint density at radius 3 is 2.70 bits per heavy atom. The first-order valence-electron chi connectivity index (χ1n) is 10.8. The van der Waals surface area contributed by atoms with Crippen LogP contribution in [0.5, 0.6) is 0 Å². The van der Waals surface area contributed by atoms with E-state index >= 15 is 0 Å². The summed E-state index contributed by atoms with van der Waals surface area (Å²) in [5.41, 5.74) is 2.46. The van der Waals surface area contributed by atoms with Crippen molar-refractivity contribution in [3.8, 4) is 0 Å². The van der Waals surface area contributed by atoms with Crippen molar-refractivity contribution in [2.24, 2.45) is 0 Å². The number of aryl methyl sites for hydroxylation is 1. The second-order valence-electron chi connectivity index (χ2n) is 8.16. The molecule has 2 N–H and O–H groups in total. The van der Waals surface area contributed by atoms with Crippen LogP contribution in [-0.4, -0.2) is 67.2 Å². The Balaban J connectivity index is 1.46. The molecule has 1 aliphatic rings. The van der Waals surface area contributed by atoms with Crippen LogP contribution < -0.4 is 15.1 Å². The minimum Gasteiger partial charge on any atom is -0.370 e. The summed E-state index contributed by atoms with van der Waals surface area (Å²) in [5.74, 6) is 0.931. The van der Waals surface area contributed by atoms with Gasteiger partial charge in [-0.2, -0.15) is 4.37 Å². The summed E-state index contributed by atoms with van der Waals surface area (Å²) in [5, 5.41) is 3.94. The molecule has 8 heteroatoms. The molecule has 1 fully saturated rings. The number of hydrogen-bond donors (Lipinski definition) is 2. The molecule has 1 aromatic carbocycles. The summed E-state index contributed by atoms with van der Waals surface area (Å²) < 4.78 is 9.91. The zero-order valence-corrected chi connectivity index (χ0v) is 19.1. The molecular formula is C22H34N5O2S+. The largest absolute Gasteiger partial charge is 0.370 e. The highest BCUT2D eigenvalue weighted by Crippen LogP contribution is 2.21. The van der Waals surface area contributed by atoms with Gasteiger partial charge in [0.25, 0.3) is 0 Å². The SMILES string of the molecule is Cc1ccc(Cc2nsc(N(CCC(=O)NCC[NH+]3CCOCC3)C(C)C)n2)cc1. The molecule has 0 bridgehead atoms. The number of quaternary nitrogens is 1. The van der Waals surface area contributed by atoms with E-state index in [1.54, 1.807) is 0 Å². The second-order valence-corrected chi connectivity index (χ2v) is 8.89. The van der Waals surface area contributed by atoms with Crippen molar-refractivity contribution >= 4 is 22.6 Å². The van der Waals surface area contributed by atoms with Crippen LogP contribution >= 0.6 is 11.5 Å². The summed E-state index contributed by atoms with van der Waals surface area (Å²) in [6.07, 6.45) is 1.19. The number of nitrogens with zero attached hydrogens (tertiary/aromatic N) is 3. The molecule has 0 unspecified atom stereocenters. The molecule has 0 atom stereocenters. The minimum absolute atomic E-state index is 0.0951. The van der Waals surface area contributed by atoms with Crippen LogP contribution in [-0.2, 0) is 16.0 Å². The van der Waals surface area contributed by atoms with Gasteiger partial charge in [-0.1, -0.05) is 29.8 Å². The van der Waals surface area contributed by atoms with E-state index in [0.29, 0.717) is 13.0 Å². The Morgan fingerprint density at radius 1 is 1.27 bits per heavy atom. The van der Waals surface area contributed by atoms with E-state index in [0.717, 1.165) is 56.8 Å². The highest BCUT2D eigenvalue weighted by atomic mass is 32.1. The predicted molar refractivity (Wildman–Crippen MR) is 120 cm³/mol. The molecule has 1 aromatic heterocycles. The summed E-state index contributed by atoms with van der Waals surface area (Å²) in [7, 11) is 0. The van der Waals surface area contributed by atoms with Crippen LogP contribution in [0.25, 0.3) is 0 Å². The quantitative estimate of drug-likeness (QED) is 0.588. The molecule has 7 nitrogen and oxygen atoms in total. The van der Waals surface area contributed by atoms with Crippen molar-refractivity contribution < 1.29 is 14.4 Å². The van der Waals surface area contributed by atoms with Crippen LogP contribution in [0.2, 0.25) is 0 Å². The van der Waals surface area contributed by atoms with Gasteiger partial charge in [0, 0.05) is 37.0 Å². The molecule has 1 aliphatic heterocycles. The summed E-state index contributed by atoms with van der Waals surface area (Å²) in [4.78, 5) is 20.7. The maximum Gasteiger partial charge on any atom is 0.221 e. The Labute approximate surface area is 183 Å². The van der Waals surface area contributed by atoms with E-state index < -0.39 is 0 Å². The standard InChI is InChI=1S/C22H33N5O2S/c1-17(2)27(10-8-21(28)23-9-11-26-12-14-29-15-13-26)22-24-20(25-30-22)16-19-6-4-18(3)5-7-19/h4-7,17H,8-16H2,1-3H3,(H,23,28)/p+1. The Bertz CT molecular complexity index is 787. The van der Waals surface area contributed by atoms with Gasteiger partial charge in [-0.25, -0.2) is 4.98 Å². The van der Waals surface area contributed by atoms with Gasteiger partial charge >= 0.3 is 0 Å². The first kappa shape index (κ1) is 22.7. The van der Waals surface area contributed by atoms with Gasteiger partial charge < -0.3 is 19.9 Å². The monoisotopic (exact) mass is 432 g/mol. The molecule has 1 saturated heterocycles. The van der Waals surface area contributed by atoms with E-state index in [4.69, 9.17) is 9.72 Å². The Morgan fingerprint density at radius 2 is 2.00 bits per heavy atom. The van der Waals surface area contributed by atoms with Crippen molar-refractivity contribution in [1.29, 1.82) is 0 Å². The Hall–Kier alpha value is -2.03. The number of rotatable bonds is 10. The molecule has 2 heterocycles. The number of carbonyl (C=O) groups is 1. The number of aromatic nitrogens is 2. The fourth-order valence-corrected chi connectivity index (χ4v) is 4.34. The fraction of sp³-hybridized carbons (Fsp3) is 0.591. The molecule has 0 saturated carbocycles. The molecule has 1 amide bonds. The average molecular weight is 433 g/mol. The molecule has 0 spiro atoms. The van der Waals surface area contributed by atoms with E-state index in [1.165, 1.54) is 27.6 Å². The maximum atomic E-state index is 12.3. The van der Waals surface area contributed by atoms with Gasteiger partial charge in [0.05, 0.1) is 26.3 Å². The zero-order valence-electron chi connectivity index (χ0n) is 18.3.